The molecule has 1 aromatic rings. The third-order valence-electron chi connectivity index (χ3n) is 0.975. The van der Waals surface area contributed by atoms with Crippen LogP contribution < -0.4 is 10.8 Å². The van der Waals surface area contributed by atoms with E-state index in [1.54, 1.807) is 0 Å². The second kappa shape index (κ2) is 2.44. The fourth-order valence-electron chi connectivity index (χ4n) is 0.485. The number of primary sulfonamides is 1. The second-order valence-corrected chi connectivity index (χ2v) is 3.36. The number of sulfonamides is 1. The number of nitrogens with one attached hydrogen (secondary N) is 1. The molecule has 0 spiro atoms. The van der Waals surface area contributed by atoms with Crippen LogP contribution >= 0.6 is 0 Å². The highest BCUT2D eigenvalue weighted by Gasteiger charge is 2.06. The maximum Gasteiger partial charge on any atom is 0.344 e. The van der Waals surface area contributed by atoms with Crippen molar-refractivity contribution in [2.24, 2.45) is 5.14 Å². The predicted molar refractivity (Wildman–Crippen MR) is 36.2 cm³/mol. The molecule has 7 heteroatoms. The zero-order valence-corrected chi connectivity index (χ0v) is 6.13. The van der Waals surface area contributed by atoms with Gasteiger partial charge in [0.15, 0.2) is 0 Å². The molecule has 11 heavy (non-hydrogen) atoms. The Balaban J connectivity index is 3.31. The summed E-state index contributed by atoms with van der Waals surface area (Å²) in [6.07, 6.45) is 1.89. The molecule has 0 aliphatic heterocycles. The molecule has 1 rings (SSSR count). The molecule has 0 saturated heterocycles. The monoisotopic (exact) mass is 175 g/mol. The molecule has 3 N–H and O–H groups in total. The number of H-pyrrole nitrogens is 1. The van der Waals surface area contributed by atoms with Crippen molar-refractivity contribution < 1.29 is 8.42 Å². The van der Waals surface area contributed by atoms with Crippen LogP contribution in [0.1, 0.15) is 0 Å². The van der Waals surface area contributed by atoms with Crippen molar-refractivity contribution in [2.45, 2.75) is 4.90 Å². The highest BCUT2D eigenvalue weighted by Crippen LogP contribution is 1.97. The van der Waals surface area contributed by atoms with E-state index in [2.05, 4.69) is 9.97 Å². The lowest BCUT2D eigenvalue weighted by molar-refractivity contribution is 0.596. The summed E-state index contributed by atoms with van der Waals surface area (Å²) in [5.41, 5.74) is -0.614. The Morgan fingerprint density at radius 3 is 2.55 bits per heavy atom. The normalized spacial score (nSPS) is 11.4. The van der Waals surface area contributed by atoms with Crippen molar-refractivity contribution in [3.05, 3.63) is 22.9 Å². The smallest absolute Gasteiger partial charge is 0.311 e. The molecule has 0 aliphatic carbocycles. The number of aromatic amines is 1. The maximum absolute atomic E-state index is 10.6. The Morgan fingerprint density at radius 2 is 2.18 bits per heavy atom. The van der Waals surface area contributed by atoms with E-state index in [-0.39, 0.29) is 4.90 Å². The van der Waals surface area contributed by atoms with Gasteiger partial charge >= 0.3 is 5.69 Å². The number of nitrogens with two attached hydrogens (primary N) is 1. The lowest BCUT2D eigenvalue weighted by Crippen LogP contribution is -2.16. The summed E-state index contributed by atoms with van der Waals surface area (Å²) in [4.78, 5) is 15.4. The molecule has 0 fully saturated rings. The van der Waals surface area contributed by atoms with E-state index in [0.717, 1.165) is 12.4 Å². The average Bonchev–Trinajstić information content (AvgIpc) is 1.86. The molecule has 0 unspecified atom stereocenters. The van der Waals surface area contributed by atoms with Crippen LogP contribution in [-0.2, 0) is 10.0 Å². The van der Waals surface area contributed by atoms with Gasteiger partial charge in [0.25, 0.3) is 0 Å². The Labute approximate surface area is 62.1 Å². The summed E-state index contributed by atoms with van der Waals surface area (Å²) in [7, 11) is -3.75. The SMILES string of the molecule is NS(=O)(=O)c1cnc(=O)[nH]c1. The minimum Gasteiger partial charge on any atom is -0.311 e. The van der Waals surface area contributed by atoms with Gasteiger partial charge in [-0.15, -0.1) is 0 Å². The fraction of sp³-hybridized carbons (Fsp3) is 0. The Bertz CT molecular complexity index is 386. The van der Waals surface area contributed by atoms with Crippen molar-refractivity contribution in [2.75, 3.05) is 0 Å². The topological polar surface area (TPSA) is 106 Å². The minimum absolute atomic E-state index is 0.211. The highest BCUT2D eigenvalue weighted by molar-refractivity contribution is 7.89. The van der Waals surface area contributed by atoms with E-state index in [1.165, 1.54) is 0 Å². The van der Waals surface area contributed by atoms with E-state index in [4.69, 9.17) is 5.14 Å². The quantitative estimate of drug-likeness (QED) is 0.537. The first-order valence-electron chi connectivity index (χ1n) is 2.58. The van der Waals surface area contributed by atoms with Crippen molar-refractivity contribution in [3.8, 4) is 0 Å². The summed E-state index contributed by atoms with van der Waals surface area (Å²) >= 11 is 0. The Kier molecular flexibility index (Phi) is 1.75. The van der Waals surface area contributed by atoms with Crippen LogP contribution in [0.25, 0.3) is 0 Å². The van der Waals surface area contributed by atoms with E-state index >= 15 is 0 Å². The minimum atomic E-state index is -3.75. The highest BCUT2D eigenvalue weighted by atomic mass is 32.2. The van der Waals surface area contributed by atoms with Crippen LogP contribution in [0.15, 0.2) is 22.1 Å². The van der Waals surface area contributed by atoms with Crippen molar-refractivity contribution in [1.29, 1.82) is 0 Å². The zero-order valence-electron chi connectivity index (χ0n) is 5.31. The van der Waals surface area contributed by atoms with Crippen molar-refractivity contribution in [3.63, 3.8) is 0 Å². The summed E-state index contributed by atoms with van der Waals surface area (Å²) < 4.78 is 21.1. The molecule has 0 radical (unpaired) electrons. The number of nitrogens with zero attached hydrogens (tertiary/aromatic N) is 1. The van der Waals surface area contributed by atoms with Crippen LogP contribution in [0.4, 0.5) is 0 Å². The first-order valence-corrected chi connectivity index (χ1v) is 4.12. The first-order chi connectivity index (χ1) is 5.00. The second-order valence-electron chi connectivity index (χ2n) is 1.80. The first kappa shape index (κ1) is 7.89. The standard InChI is InChI=1S/C4H5N3O3S/c5-11(9,10)3-1-6-4(8)7-2-3/h1-2H,(H2,5,9,10)(H,6,7,8). The van der Waals surface area contributed by atoms with E-state index in [1.807, 2.05) is 0 Å². The van der Waals surface area contributed by atoms with Gasteiger partial charge in [-0.3, -0.25) is 0 Å². The summed E-state index contributed by atoms with van der Waals surface area (Å²) in [6, 6.07) is 0. The van der Waals surface area contributed by atoms with Crippen LogP contribution in [0.2, 0.25) is 0 Å². The molecule has 0 amide bonds. The third kappa shape index (κ3) is 1.85. The molecule has 0 bridgehead atoms. The predicted octanol–water partition coefficient (Wildman–Crippen LogP) is -1.58. The maximum atomic E-state index is 10.6. The molecule has 0 saturated carbocycles. The van der Waals surface area contributed by atoms with Gasteiger partial charge in [-0.2, -0.15) is 0 Å². The van der Waals surface area contributed by atoms with Gasteiger partial charge in [0.1, 0.15) is 4.90 Å². The van der Waals surface area contributed by atoms with E-state index in [9.17, 15) is 13.2 Å². The van der Waals surface area contributed by atoms with Crippen molar-refractivity contribution >= 4 is 10.0 Å². The molecule has 60 valence electrons. The molecule has 1 heterocycles. The molecular weight excluding hydrogens is 170 g/mol. The van der Waals surface area contributed by atoms with Crippen molar-refractivity contribution in [1.82, 2.24) is 9.97 Å². The van der Waals surface area contributed by atoms with Gasteiger partial charge in [-0.25, -0.2) is 23.3 Å². The fourth-order valence-corrected chi connectivity index (χ4v) is 0.908. The molecule has 0 atom stereocenters. The average molecular weight is 175 g/mol. The number of hydrogen-bond donors (Lipinski definition) is 2. The number of aromatic nitrogens is 2. The number of hydrogen-bond acceptors (Lipinski definition) is 4. The van der Waals surface area contributed by atoms with Gasteiger partial charge in [0, 0.05) is 6.20 Å². The molecule has 0 aliphatic rings. The molecule has 6 nitrogen and oxygen atoms in total. The Hall–Kier alpha value is -1.21. The van der Waals surface area contributed by atoms with Crippen LogP contribution in [0, 0.1) is 0 Å². The Morgan fingerprint density at radius 1 is 1.55 bits per heavy atom. The van der Waals surface area contributed by atoms with Crippen LogP contribution in [0.3, 0.4) is 0 Å². The number of rotatable bonds is 1. The lowest BCUT2D eigenvalue weighted by atomic mass is 10.7. The van der Waals surface area contributed by atoms with Crippen LogP contribution in [0.5, 0.6) is 0 Å². The van der Waals surface area contributed by atoms with Gasteiger partial charge in [0.05, 0.1) is 6.20 Å². The molecular formula is C4H5N3O3S. The van der Waals surface area contributed by atoms with E-state index < -0.39 is 15.7 Å². The summed E-state index contributed by atoms with van der Waals surface area (Å²) in [6.45, 7) is 0. The lowest BCUT2D eigenvalue weighted by Gasteiger charge is -1.92. The summed E-state index contributed by atoms with van der Waals surface area (Å²) in [5, 5.41) is 4.72. The summed E-state index contributed by atoms with van der Waals surface area (Å²) in [5.74, 6) is 0. The molecule has 1 aromatic heterocycles. The van der Waals surface area contributed by atoms with Gasteiger partial charge in [-0.1, -0.05) is 0 Å². The van der Waals surface area contributed by atoms with Crippen LogP contribution in [-0.4, -0.2) is 18.4 Å². The largest absolute Gasteiger partial charge is 0.344 e. The third-order valence-corrected chi connectivity index (χ3v) is 1.86. The van der Waals surface area contributed by atoms with E-state index in [0.29, 0.717) is 0 Å². The van der Waals surface area contributed by atoms with Gasteiger partial charge in [0.2, 0.25) is 10.0 Å². The van der Waals surface area contributed by atoms with Gasteiger partial charge in [-0.05, 0) is 0 Å². The molecule has 0 aromatic carbocycles. The zero-order chi connectivity index (χ0) is 8.48. The van der Waals surface area contributed by atoms with Gasteiger partial charge < -0.3 is 4.98 Å².